The second kappa shape index (κ2) is 7.75. The first-order chi connectivity index (χ1) is 10.1. The van der Waals surface area contributed by atoms with Crippen molar-refractivity contribution < 1.29 is 9.90 Å². The molecule has 1 aliphatic rings. The molecule has 6 heteroatoms. The number of aryl methyl sites for hydroxylation is 2. The van der Waals surface area contributed by atoms with Gasteiger partial charge < -0.3 is 15.3 Å². The van der Waals surface area contributed by atoms with Gasteiger partial charge in [-0.2, -0.15) is 0 Å². The Balaban J connectivity index is 1.62. The minimum absolute atomic E-state index is 0.0226. The van der Waals surface area contributed by atoms with Gasteiger partial charge in [0.2, 0.25) is 0 Å². The van der Waals surface area contributed by atoms with E-state index < -0.39 is 0 Å². The lowest BCUT2D eigenvalue weighted by atomic mass is 9.92. The van der Waals surface area contributed by atoms with Gasteiger partial charge in [-0.25, -0.2) is 9.78 Å². The molecule has 0 aromatic carbocycles. The SMILES string of the molecule is Cc1csc(CCCNC(=O)N2CCC(C(C)O)CC2)n1. The van der Waals surface area contributed by atoms with Gasteiger partial charge in [0.15, 0.2) is 0 Å². The highest BCUT2D eigenvalue weighted by Crippen LogP contribution is 2.20. The van der Waals surface area contributed by atoms with Gasteiger partial charge in [-0.15, -0.1) is 11.3 Å². The first-order valence-electron chi connectivity index (χ1n) is 7.68. The molecule has 1 aromatic heterocycles. The molecule has 1 aliphatic heterocycles. The molecular formula is C15H25N3O2S. The monoisotopic (exact) mass is 311 g/mol. The van der Waals surface area contributed by atoms with E-state index in [9.17, 15) is 9.90 Å². The lowest BCUT2D eigenvalue weighted by Crippen LogP contribution is -2.46. The number of aliphatic hydroxyl groups is 1. The maximum Gasteiger partial charge on any atom is 0.317 e. The summed E-state index contributed by atoms with van der Waals surface area (Å²) in [6, 6.07) is 0.0226. The minimum Gasteiger partial charge on any atom is -0.393 e. The summed E-state index contributed by atoms with van der Waals surface area (Å²) in [4.78, 5) is 18.3. The van der Waals surface area contributed by atoms with Crippen molar-refractivity contribution in [3.05, 3.63) is 16.1 Å². The number of carbonyl (C=O) groups excluding carboxylic acids is 1. The summed E-state index contributed by atoms with van der Waals surface area (Å²) in [6.45, 7) is 6.01. The zero-order chi connectivity index (χ0) is 15.2. The number of aromatic nitrogens is 1. The highest BCUT2D eigenvalue weighted by molar-refractivity contribution is 7.09. The number of aliphatic hydroxyl groups excluding tert-OH is 1. The van der Waals surface area contributed by atoms with Gasteiger partial charge in [-0.05, 0) is 39.0 Å². The summed E-state index contributed by atoms with van der Waals surface area (Å²) in [6.07, 6.45) is 3.36. The summed E-state index contributed by atoms with van der Waals surface area (Å²) in [5.74, 6) is 0.335. The summed E-state index contributed by atoms with van der Waals surface area (Å²) in [7, 11) is 0. The van der Waals surface area contributed by atoms with Crippen LogP contribution in [0.25, 0.3) is 0 Å². The van der Waals surface area contributed by atoms with Gasteiger partial charge in [-0.3, -0.25) is 0 Å². The number of piperidine rings is 1. The Hall–Kier alpha value is -1.14. The van der Waals surface area contributed by atoms with Crippen molar-refractivity contribution in [1.29, 1.82) is 0 Å². The maximum atomic E-state index is 12.0. The topological polar surface area (TPSA) is 65.5 Å². The Morgan fingerprint density at radius 2 is 2.29 bits per heavy atom. The van der Waals surface area contributed by atoms with Crippen LogP contribution in [0.4, 0.5) is 4.79 Å². The first-order valence-corrected chi connectivity index (χ1v) is 8.56. The highest BCUT2D eigenvalue weighted by Gasteiger charge is 2.25. The van der Waals surface area contributed by atoms with Crippen molar-refractivity contribution in [2.75, 3.05) is 19.6 Å². The van der Waals surface area contributed by atoms with Crippen LogP contribution in [0.15, 0.2) is 5.38 Å². The van der Waals surface area contributed by atoms with Crippen molar-refractivity contribution in [3.8, 4) is 0 Å². The predicted molar refractivity (Wildman–Crippen MR) is 84.5 cm³/mol. The van der Waals surface area contributed by atoms with Crippen LogP contribution >= 0.6 is 11.3 Å². The summed E-state index contributed by atoms with van der Waals surface area (Å²) < 4.78 is 0. The zero-order valence-corrected chi connectivity index (χ0v) is 13.7. The molecule has 21 heavy (non-hydrogen) atoms. The number of hydrogen-bond acceptors (Lipinski definition) is 4. The number of urea groups is 1. The fourth-order valence-corrected chi connectivity index (χ4v) is 3.47. The maximum absolute atomic E-state index is 12.0. The standard InChI is InChI=1S/C15H25N3O2S/c1-11-10-21-14(17-11)4-3-7-16-15(20)18-8-5-13(6-9-18)12(2)19/h10,12-13,19H,3-9H2,1-2H3,(H,16,20). The Morgan fingerprint density at radius 1 is 1.57 bits per heavy atom. The fraction of sp³-hybridized carbons (Fsp3) is 0.733. The lowest BCUT2D eigenvalue weighted by Gasteiger charge is -2.33. The molecule has 1 unspecified atom stereocenters. The van der Waals surface area contributed by atoms with Crippen molar-refractivity contribution in [2.45, 2.75) is 45.6 Å². The van der Waals surface area contributed by atoms with Gasteiger partial charge in [0.1, 0.15) is 0 Å². The molecular weight excluding hydrogens is 286 g/mol. The third-order valence-electron chi connectivity index (χ3n) is 4.02. The van der Waals surface area contributed by atoms with Crippen LogP contribution in [0.1, 0.15) is 36.9 Å². The first kappa shape index (κ1) is 16.2. The van der Waals surface area contributed by atoms with Crippen LogP contribution in [-0.4, -0.2) is 46.8 Å². The summed E-state index contributed by atoms with van der Waals surface area (Å²) in [5.41, 5.74) is 1.07. The smallest absolute Gasteiger partial charge is 0.317 e. The molecule has 5 nitrogen and oxygen atoms in total. The van der Waals surface area contributed by atoms with Gasteiger partial charge in [0.05, 0.1) is 11.1 Å². The van der Waals surface area contributed by atoms with Crippen LogP contribution in [0.3, 0.4) is 0 Å². The summed E-state index contributed by atoms with van der Waals surface area (Å²) >= 11 is 1.68. The zero-order valence-electron chi connectivity index (χ0n) is 12.8. The van der Waals surface area contributed by atoms with Crippen molar-refractivity contribution in [3.63, 3.8) is 0 Å². The average Bonchev–Trinajstić information content (AvgIpc) is 2.89. The average molecular weight is 311 g/mol. The molecule has 0 aliphatic carbocycles. The number of thiazole rings is 1. The molecule has 2 rings (SSSR count). The lowest BCUT2D eigenvalue weighted by molar-refractivity contribution is 0.0798. The van der Waals surface area contributed by atoms with E-state index >= 15 is 0 Å². The number of carbonyl (C=O) groups is 1. The third kappa shape index (κ3) is 4.97. The second-order valence-electron chi connectivity index (χ2n) is 5.78. The van der Waals surface area contributed by atoms with E-state index in [4.69, 9.17) is 0 Å². The number of rotatable bonds is 5. The molecule has 1 atom stereocenters. The highest BCUT2D eigenvalue weighted by atomic mass is 32.1. The number of amides is 2. The van der Waals surface area contributed by atoms with Crippen molar-refractivity contribution >= 4 is 17.4 Å². The molecule has 0 radical (unpaired) electrons. The van der Waals surface area contributed by atoms with Gasteiger partial charge in [0, 0.05) is 37.1 Å². The van der Waals surface area contributed by atoms with Crippen LogP contribution in [-0.2, 0) is 6.42 Å². The molecule has 118 valence electrons. The Bertz CT molecular complexity index is 454. The molecule has 1 aromatic rings. The van der Waals surface area contributed by atoms with E-state index in [0.29, 0.717) is 12.5 Å². The molecule has 2 heterocycles. The van der Waals surface area contributed by atoms with Gasteiger partial charge >= 0.3 is 6.03 Å². The van der Waals surface area contributed by atoms with Crippen LogP contribution in [0.5, 0.6) is 0 Å². The van der Waals surface area contributed by atoms with E-state index in [-0.39, 0.29) is 12.1 Å². The molecule has 0 spiro atoms. The molecule has 2 amide bonds. The number of hydrogen-bond donors (Lipinski definition) is 2. The van der Waals surface area contributed by atoms with E-state index in [1.54, 1.807) is 11.3 Å². The Kier molecular flexibility index (Phi) is 5.99. The van der Waals surface area contributed by atoms with E-state index in [2.05, 4.69) is 15.7 Å². The Labute approximate surface area is 130 Å². The van der Waals surface area contributed by atoms with E-state index in [0.717, 1.165) is 49.5 Å². The van der Waals surface area contributed by atoms with E-state index in [1.807, 2.05) is 18.7 Å². The van der Waals surface area contributed by atoms with Crippen LogP contribution in [0.2, 0.25) is 0 Å². The molecule has 1 saturated heterocycles. The quantitative estimate of drug-likeness (QED) is 0.819. The van der Waals surface area contributed by atoms with Gasteiger partial charge in [0.25, 0.3) is 0 Å². The minimum atomic E-state index is -0.267. The van der Waals surface area contributed by atoms with Crippen LogP contribution in [0, 0.1) is 12.8 Å². The van der Waals surface area contributed by atoms with Crippen LogP contribution < -0.4 is 5.32 Å². The normalized spacial score (nSPS) is 17.8. The van der Waals surface area contributed by atoms with Crippen molar-refractivity contribution in [2.24, 2.45) is 5.92 Å². The molecule has 0 bridgehead atoms. The summed E-state index contributed by atoms with van der Waals surface area (Å²) in [5, 5.41) is 15.7. The number of nitrogens with one attached hydrogen (secondary N) is 1. The molecule has 2 N–H and O–H groups in total. The second-order valence-corrected chi connectivity index (χ2v) is 6.73. The van der Waals surface area contributed by atoms with Crippen molar-refractivity contribution in [1.82, 2.24) is 15.2 Å². The largest absolute Gasteiger partial charge is 0.393 e. The number of nitrogens with zero attached hydrogens (tertiary/aromatic N) is 2. The van der Waals surface area contributed by atoms with Gasteiger partial charge in [-0.1, -0.05) is 0 Å². The Morgan fingerprint density at radius 3 is 2.86 bits per heavy atom. The number of likely N-dealkylation sites (tertiary alicyclic amines) is 1. The van der Waals surface area contributed by atoms with E-state index in [1.165, 1.54) is 0 Å². The fourth-order valence-electron chi connectivity index (χ4n) is 2.65. The molecule has 1 fully saturated rings. The third-order valence-corrected chi connectivity index (χ3v) is 5.05. The molecule has 0 saturated carbocycles. The predicted octanol–water partition coefficient (Wildman–Crippen LogP) is 2.19.